The van der Waals surface area contributed by atoms with Gasteiger partial charge in [-0.25, -0.2) is 9.59 Å². The van der Waals surface area contributed by atoms with E-state index in [1.807, 2.05) is 19.1 Å². The second-order valence-electron chi connectivity index (χ2n) is 5.73. The first-order valence-electron chi connectivity index (χ1n) is 7.97. The van der Waals surface area contributed by atoms with Gasteiger partial charge in [0, 0.05) is 22.5 Å². The summed E-state index contributed by atoms with van der Waals surface area (Å²) in [6.07, 6.45) is 0. The summed E-state index contributed by atoms with van der Waals surface area (Å²) in [6, 6.07) is 14.1. The fraction of sp³-hybridized carbons (Fsp3) is 0.150. The van der Waals surface area contributed by atoms with Crippen molar-refractivity contribution >= 4 is 34.2 Å². The van der Waals surface area contributed by atoms with Gasteiger partial charge in [-0.2, -0.15) is 0 Å². The molecule has 3 rings (SSSR count). The molecule has 0 unspecified atom stereocenters. The van der Waals surface area contributed by atoms with Crippen molar-refractivity contribution in [3.05, 3.63) is 65.4 Å². The lowest BCUT2D eigenvalue weighted by atomic mass is 10.1. The molecule has 6 nitrogen and oxygen atoms in total. The van der Waals surface area contributed by atoms with Crippen molar-refractivity contribution in [2.24, 2.45) is 0 Å². The van der Waals surface area contributed by atoms with Gasteiger partial charge in [-0.3, -0.25) is 4.98 Å². The molecule has 0 fully saturated rings. The standard InChI is InChI=1S/C20H18N2O4.ClH/c1-12-9-18(22-15-6-4-5-13(10-15)19(23)25-2)16-11-14(20(24)26-3)7-8-17(16)21-12;/h4-11H,1-3H3,(H,21,22);1H/p-1. The number of methoxy groups -OCH3 is 2. The average Bonchev–Trinajstić information content (AvgIpc) is 2.66. The number of aryl methyl sites for hydroxylation is 1. The molecule has 1 heterocycles. The van der Waals surface area contributed by atoms with Crippen LogP contribution in [0.1, 0.15) is 26.4 Å². The molecule has 7 heteroatoms. The van der Waals surface area contributed by atoms with E-state index in [1.165, 1.54) is 14.2 Å². The molecule has 0 amide bonds. The largest absolute Gasteiger partial charge is 1.00 e. The van der Waals surface area contributed by atoms with Gasteiger partial charge in [0.15, 0.2) is 0 Å². The predicted octanol–water partition coefficient (Wildman–Crippen LogP) is 0.864. The summed E-state index contributed by atoms with van der Waals surface area (Å²) in [5.74, 6) is -0.816. The molecule has 0 aliphatic heterocycles. The molecular weight excluding hydrogens is 368 g/mol. The molecule has 0 aliphatic rings. The third-order valence-electron chi connectivity index (χ3n) is 3.92. The first-order valence-corrected chi connectivity index (χ1v) is 7.97. The van der Waals surface area contributed by atoms with E-state index in [0.29, 0.717) is 11.1 Å². The predicted molar refractivity (Wildman–Crippen MR) is 98.9 cm³/mol. The van der Waals surface area contributed by atoms with Crippen LogP contribution in [0.2, 0.25) is 0 Å². The van der Waals surface area contributed by atoms with Crippen molar-refractivity contribution in [2.75, 3.05) is 19.5 Å². The number of pyridine rings is 1. The number of anilines is 2. The highest BCUT2D eigenvalue weighted by Gasteiger charge is 2.11. The third kappa shape index (κ3) is 4.35. The molecule has 140 valence electrons. The van der Waals surface area contributed by atoms with E-state index < -0.39 is 11.9 Å². The van der Waals surface area contributed by atoms with Crippen molar-refractivity contribution < 1.29 is 31.5 Å². The molecule has 2 aromatic carbocycles. The van der Waals surface area contributed by atoms with Crippen LogP contribution in [0.5, 0.6) is 0 Å². The van der Waals surface area contributed by atoms with E-state index in [0.717, 1.165) is 28.0 Å². The van der Waals surface area contributed by atoms with Gasteiger partial charge in [0.1, 0.15) is 0 Å². The van der Waals surface area contributed by atoms with Crippen molar-refractivity contribution in [3.8, 4) is 0 Å². The highest BCUT2D eigenvalue weighted by atomic mass is 35.5. The van der Waals surface area contributed by atoms with Crippen LogP contribution < -0.4 is 17.7 Å². The quantitative estimate of drug-likeness (QED) is 0.671. The second kappa shape index (κ2) is 8.51. The summed E-state index contributed by atoms with van der Waals surface area (Å²) in [7, 11) is 2.69. The number of fused-ring (bicyclic) bond motifs is 1. The average molecular weight is 386 g/mol. The number of hydrogen-bond acceptors (Lipinski definition) is 6. The smallest absolute Gasteiger partial charge is 0.337 e. The van der Waals surface area contributed by atoms with Crippen molar-refractivity contribution in [1.29, 1.82) is 0 Å². The first-order chi connectivity index (χ1) is 12.5. The first kappa shape index (κ1) is 20.2. The highest BCUT2D eigenvalue weighted by Crippen LogP contribution is 2.28. The Morgan fingerprint density at radius 3 is 2.26 bits per heavy atom. The van der Waals surface area contributed by atoms with Crippen LogP contribution in [0.3, 0.4) is 0 Å². The van der Waals surface area contributed by atoms with E-state index in [1.54, 1.807) is 36.4 Å². The minimum absolute atomic E-state index is 0. The Hall–Kier alpha value is -3.12. The second-order valence-corrected chi connectivity index (χ2v) is 5.73. The van der Waals surface area contributed by atoms with Crippen LogP contribution in [0.15, 0.2) is 48.5 Å². The van der Waals surface area contributed by atoms with Gasteiger partial charge in [-0.15, -0.1) is 0 Å². The summed E-state index contributed by atoms with van der Waals surface area (Å²) < 4.78 is 9.55. The molecule has 0 saturated heterocycles. The summed E-state index contributed by atoms with van der Waals surface area (Å²) in [5.41, 5.74) is 3.97. The number of rotatable bonds is 4. The number of nitrogens with one attached hydrogen (secondary N) is 1. The Bertz CT molecular complexity index is 1000. The molecule has 0 atom stereocenters. The number of carbonyl (C=O) groups is 2. The topological polar surface area (TPSA) is 77.5 Å². The molecule has 0 saturated carbocycles. The number of aromatic nitrogens is 1. The molecular formula is C20H18ClN2O4-. The Labute approximate surface area is 162 Å². The number of halogens is 1. The fourth-order valence-electron chi connectivity index (χ4n) is 2.70. The van der Waals surface area contributed by atoms with Crippen LogP contribution in [-0.2, 0) is 9.47 Å². The maximum atomic E-state index is 11.8. The zero-order valence-corrected chi connectivity index (χ0v) is 15.8. The van der Waals surface area contributed by atoms with Gasteiger partial charge in [0.25, 0.3) is 0 Å². The molecule has 1 aromatic heterocycles. The highest BCUT2D eigenvalue weighted by molar-refractivity contribution is 6.00. The van der Waals surface area contributed by atoms with Gasteiger partial charge in [0.05, 0.1) is 30.9 Å². The Balaban J connectivity index is 0.00000261. The Morgan fingerprint density at radius 1 is 0.926 bits per heavy atom. The van der Waals surface area contributed by atoms with E-state index in [9.17, 15) is 9.59 Å². The van der Waals surface area contributed by atoms with Crippen LogP contribution in [0.25, 0.3) is 10.9 Å². The number of ether oxygens (including phenoxy) is 2. The van der Waals surface area contributed by atoms with Gasteiger partial charge in [-0.1, -0.05) is 6.07 Å². The molecule has 0 radical (unpaired) electrons. The lowest BCUT2D eigenvalue weighted by Gasteiger charge is -2.12. The lowest BCUT2D eigenvalue weighted by molar-refractivity contribution is -0.0000340. The van der Waals surface area contributed by atoms with E-state index in [4.69, 9.17) is 9.47 Å². The van der Waals surface area contributed by atoms with Gasteiger partial charge >= 0.3 is 11.9 Å². The Kier molecular flexibility index (Phi) is 6.36. The zero-order valence-electron chi connectivity index (χ0n) is 15.1. The van der Waals surface area contributed by atoms with E-state index in [-0.39, 0.29) is 12.4 Å². The third-order valence-corrected chi connectivity index (χ3v) is 3.92. The summed E-state index contributed by atoms with van der Waals surface area (Å²) >= 11 is 0. The minimum atomic E-state index is -0.411. The number of hydrogen-bond donors (Lipinski definition) is 1. The lowest BCUT2D eigenvalue weighted by Crippen LogP contribution is -3.00. The molecule has 27 heavy (non-hydrogen) atoms. The number of esters is 2. The van der Waals surface area contributed by atoms with Gasteiger partial charge in [0.2, 0.25) is 0 Å². The van der Waals surface area contributed by atoms with E-state index >= 15 is 0 Å². The fourth-order valence-corrected chi connectivity index (χ4v) is 2.70. The van der Waals surface area contributed by atoms with Crippen molar-refractivity contribution in [3.63, 3.8) is 0 Å². The molecule has 3 aromatic rings. The summed E-state index contributed by atoms with van der Waals surface area (Å²) in [5, 5.41) is 4.07. The summed E-state index contributed by atoms with van der Waals surface area (Å²) in [6.45, 7) is 1.89. The monoisotopic (exact) mass is 385 g/mol. The van der Waals surface area contributed by atoms with Crippen molar-refractivity contribution in [1.82, 2.24) is 4.98 Å². The van der Waals surface area contributed by atoms with Crippen molar-refractivity contribution in [2.45, 2.75) is 6.92 Å². The molecule has 0 spiro atoms. The van der Waals surface area contributed by atoms with Gasteiger partial charge < -0.3 is 27.2 Å². The van der Waals surface area contributed by atoms with Crippen LogP contribution >= 0.6 is 0 Å². The molecule has 0 bridgehead atoms. The van der Waals surface area contributed by atoms with E-state index in [2.05, 4.69) is 10.3 Å². The maximum Gasteiger partial charge on any atom is 0.337 e. The van der Waals surface area contributed by atoms with Crippen LogP contribution in [0.4, 0.5) is 11.4 Å². The number of benzene rings is 2. The number of nitrogens with zero attached hydrogens (tertiary/aromatic N) is 1. The van der Waals surface area contributed by atoms with Crippen LogP contribution in [-0.4, -0.2) is 31.1 Å². The molecule has 0 aliphatic carbocycles. The maximum absolute atomic E-state index is 11.8. The number of carbonyl (C=O) groups excluding carboxylic acids is 2. The summed E-state index contributed by atoms with van der Waals surface area (Å²) in [4.78, 5) is 28.1. The van der Waals surface area contributed by atoms with Gasteiger partial charge in [-0.05, 0) is 49.4 Å². The zero-order chi connectivity index (χ0) is 18.7. The van der Waals surface area contributed by atoms with Crippen LogP contribution in [0, 0.1) is 6.92 Å². The minimum Gasteiger partial charge on any atom is -1.00 e. The SMILES string of the molecule is COC(=O)c1cccc(Nc2cc(C)nc3ccc(C(=O)OC)cc23)c1.[Cl-]. The molecule has 1 N–H and O–H groups in total. The normalized spacial score (nSPS) is 10.0. The Morgan fingerprint density at radius 2 is 1.59 bits per heavy atom.